The van der Waals surface area contributed by atoms with Crippen molar-refractivity contribution in [1.29, 1.82) is 0 Å². The van der Waals surface area contributed by atoms with Gasteiger partial charge in [0.1, 0.15) is 0 Å². The van der Waals surface area contributed by atoms with E-state index in [4.69, 9.17) is 0 Å². The molecule has 0 unspecified atom stereocenters. The minimum atomic E-state index is -0.936. The maximum atomic E-state index is 11.3. The van der Waals surface area contributed by atoms with E-state index in [0.29, 0.717) is 12.8 Å². The standard InChI is InChI=1S/C11H19N3O3/c1-10(2)3-5-11(17,6-4-10)7-14-8(15)12-13-9(14)16/h17H,3-7H2,1-2H3,(H,12,15)(H,13,16). The summed E-state index contributed by atoms with van der Waals surface area (Å²) in [6.45, 7) is 4.41. The van der Waals surface area contributed by atoms with Crippen LogP contribution in [0.2, 0.25) is 0 Å². The maximum Gasteiger partial charge on any atom is 0.344 e. The fourth-order valence-electron chi connectivity index (χ4n) is 2.32. The third-order valence-corrected chi connectivity index (χ3v) is 3.75. The summed E-state index contributed by atoms with van der Waals surface area (Å²) in [5.41, 5.74) is -1.68. The van der Waals surface area contributed by atoms with Gasteiger partial charge in [-0.3, -0.25) is 0 Å². The quantitative estimate of drug-likeness (QED) is 0.690. The number of hydrogen-bond acceptors (Lipinski definition) is 3. The van der Waals surface area contributed by atoms with Gasteiger partial charge in [-0.25, -0.2) is 24.4 Å². The molecule has 1 aromatic rings. The molecule has 1 fully saturated rings. The van der Waals surface area contributed by atoms with E-state index in [0.717, 1.165) is 17.4 Å². The summed E-state index contributed by atoms with van der Waals surface area (Å²) >= 11 is 0. The molecule has 0 atom stereocenters. The largest absolute Gasteiger partial charge is 0.388 e. The van der Waals surface area contributed by atoms with Crippen molar-refractivity contribution in [2.24, 2.45) is 5.41 Å². The number of aromatic nitrogens is 3. The van der Waals surface area contributed by atoms with E-state index < -0.39 is 17.0 Å². The molecule has 0 radical (unpaired) electrons. The van der Waals surface area contributed by atoms with Crippen LogP contribution in [-0.2, 0) is 6.54 Å². The fraction of sp³-hybridized carbons (Fsp3) is 0.818. The van der Waals surface area contributed by atoms with E-state index in [-0.39, 0.29) is 12.0 Å². The predicted octanol–water partition coefficient (Wildman–Crippen LogP) is 0.196. The van der Waals surface area contributed by atoms with E-state index in [1.807, 2.05) is 0 Å². The normalized spacial score (nSPS) is 22.5. The zero-order valence-electron chi connectivity index (χ0n) is 10.2. The van der Waals surface area contributed by atoms with Crippen LogP contribution in [-0.4, -0.2) is 25.5 Å². The topological polar surface area (TPSA) is 90.9 Å². The summed E-state index contributed by atoms with van der Waals surface area (Å²) in [4.78, 5) is 22.7. The Kier molecular flexibility index (Phi) is 2.77. The molecule has 1 heterocycles. The molecular weight excluding hydrogens is 222 g/mol. The summed E-state index contributed by atoms with van der Waals surface area (Å²) in [7, 11) is 0. The van der Waals surface area contributed by atoms with Crippen LogP contribution in [0.5, 0.6) is 0 Å². The second-order valence-corrected chi connectivity index (χ2v) is 5.84. The maximum absolute atomic E-state index is 11.3. The molecule has 6 nitrogen and oxygen atoms in total. The van der Waals surface area contributed by atoms with Crippen molar-refractivity contribution in [2.45, 2.75) is 51.7 Å². The van der Waals surface area contributed by atoms with E-state index >= 15 is 0 Å². The number of rotatable bonds is 2. The SMILES string of the molecule is CC1(C)CCC(O)(Cn2c(=O)[nH][nH]c2=O)CC1. The Balaban J connectivity index is 2.15. The van der Waals surface area contributed by atoms with Gasteiger partial charge in [0.15, 0.2) is 0 Å². The minimum Gasteiger partial charge on any atom is -0.388 e. The number of H-pyrrole nitrogens is 2. The molecule has 0 saturated heterocycles. The first kappa shape index (κ1) is 12.2. The van der Waals surface area contributed by atoms with Gasteiger partial charge in [-0.05, 0) is 31.1 Å². The molecule has 0 spiro atoms. The Morgan fingerprint density at radius 1 is 1.12 bits per heavy atom. The summed E-state index contributed by atoms with van der Waals surface area (Å²) in [5, 5.41) is 14.8. The van der Waals surface area contributed by atoms with Crippen molar-refractivity contribution < 1.29 is 5.11 Å². The Hall–Kier alpha value is -1.30. The Morgan fingerprint density at radius 2 is 1.59 bits per heavy atom. The van der Waals surface area contributed by atoms with Crippen LogP contribution in [0.4, 0.5) is 0 Å². The van der Waals surface area contributed by atoms with Gasteiger partial charge in [0.2, 0.25) is 0 Å². The lowest BCUT2D eigenvalue weighted by Gasteiger charge is -2.39. The fourth-order valence-corrected chi connectivity index (χ4v) is 2.32. The van der Waals surface area contributed by atoms with Crippen molar-refractivity contribution in [3.8, 4) is 0 Å². The lowest BCUT2D eigenvalue weighted by molar-refractivity contribution is -0.0397. The number of nitrogens with one attached hydrogen (secondary N) is 2. The van der Waals surface area contributed by atoms with Gasteiger partial charge in [-0.1, -0.05) is 13.8 Å². The summed E-state index contributed by atoms with van der Waals surface area (Å²) in [6.07, 6.45) is 3.05. The molecule has 3 N–H and O–H groups in total. The molecule has 1 aliphatic carbocycles. The monoisotopic (exact) mass is 241 g/mol. The first-order valence-electron chi connectivity index (χ1n) is 5.91. The molecule has 1 aromatic heterocycles. The average molecular weight is 241 g/mol. The number of aromatic amines is 2. The molecule has 1 aliphatic rings. The smallest absolute Gasteiger partial charge is 0.344 e. The third kappa shape index (κ3) is 2.52. The molecule has 0 aromatic carbocycles. The summed E-state index contributed by atoms with van der Waals surface area (Å²) < 4.78 is 1.03. The summed E-state index contributed by atoms with van der Waals surface area (Å²) in [6, 6.07) is 0. The Labute approximate surface area is 98.7 Å². The molecule has 0 bridgehead atoms. The number of nitrogens with zero attached hydrogens (tertiary/aromatic N) is 1. The highest BCUT2D eigenvalue weighted by Gasteiger charge is 2.37. The van der Waals surface area contributed by atoms with Crippen LogP contribution >= 0.6 is 0 Å². The second kappa shape index (κ2) is 3.87. The van der Waals surface area contributed by atoms with Gasteiger partial charge in [0, 0.05) is 0 Å². The molecular formula is C11H19N3O3. The van der Waals surface area contributed by atoms with E-state index in [1.54, 1.807) is 0 Å². The highest BCUT2D eigenvalue weighted by atomic mass is 16.3. The van der Waals surface area contributed by atoms with Gasteiger partial charge < -0.3 is 5.11 Å². The first-order chi connectivity index (χ1) is 7.81. The van der Waals surface area contributed by atoms with Crippen LogP contribution in [0.25, 0.3) is 0 Å². The summed E-state index contributed by atoms with van der Waals surface area (Å²) in [5.74, 6) is 0. The van der Waals surface area contributed by atoms with Crippen LogP contribution in [0.1, 0.15) is 39.5 Å². The first-order valence-corrected chi connectivity index (χ1v) is 5.91. The van der Waals surface area contributed by atoms with Crippen molar-refractivity contribution in [3.63, 3.8) is 0 Å². The molecule has 0 amide bonds. The van der Waals surface area contributed by atoms with Gasteiger partial charge in [-0.15, -0.1) is 0 Å². The van der Waals surface area contributed by atoms with E-state index in [2.05, 4.69) is 24.0 Å². The molecule has 2 rings (SSSR count). The second-order valence-electron chi connectivity index (χ2n) is 5.84. The highest BCUT2D eigenvalue weighted by Crippen LogP contribution is 2.40. The Bertz CT molecular complexity index is 471. The molecule has 1 saturated carbocycles. The van der Waals surface area contributed by atoms with Crippen molar-refractivity contribution in [2.75, 3.05) is 0 Å². The molecule has 0 aliphatic heterocycles. The van der Waals surface area contributed by atoms with E-state index in [1.165, 1.54) is 0 Å². The lowest BCUT2D eigenvalue weighted by Crippen LogP contribution is -2.44. The number of aliphatic hydroxyl groups is 1. The molecule has 17 heavy (non-hydrogen) atoms. The highest BCUT2D eigenvalue weighted by molar-refractivity contribution is 4.89. The molecule has 96 valence electrons. The van der Waals surface area contributed by atoms with Crippen molar-refractivity contribution in [1.82, 2.24) is 14.8 Å². The van der Waals surface area contributed by atoms with Crippen molar-refractivity contribution in [3.05, 3.63) is 21.0 Å². The van der Waals surface area contributed by atoms with Crippen LogP contribution in [0.15, 0.2) is 9.59 Å². The predicted molar refractivity (Wildman–Crippen MR) is 62.9 cm³/mol. The van der Waals surface area contributed by atoms with Gasteiger partial charge >= 0.3 is 11.4 Å². The Morgan fingerprint density at radius 3 is 2.06 bits per heavy atom. The minimum absolute atomic E-state index is 0.0702. The third-order valence-electron chi connectivity index (χ3n) is 3.75. The van der Waals surface area contributed by atoms with Crippen LogP contribution in [0, 0.1) is 5.41 Å². The van der Waals surface area contributed by atoms with Gasteiger partial charge in [0.05, 0.1) is 12.1 Å². The van der Waals surface area contributed by atoms with E-state index in [9.17, 15) is 14.7 Å². The average Bonchev–Trinajstić information content (AvgIpc) is 2.55. The van der Waals surface area contributed by atoms with Gasteiger partial charge in [-0.2, -0.15) is 0 Å². The lowest BCUT2D eigenvalue weighted by atomic mass is 9.71. The zero-order chi connectivity index (χ0) is 12.7. The van der Waals surface area contributed by atoms with Crippen LogP contribution < -0.4 is 11.4 Å². The van der Waals surface area contributed by atoms with Gasteiger partial charge in [0.25, 0.3) is 0 Å². The van der Waals surface area contributed by atoms with Crippen LogP contribution in [0.3, 0.4) is 0 Å². The van der Waals surface area contributed by atoms with Crippen molar-refractivity contribution >= 4 is 0 Å². The molecule has 6 heteroatoms. The zero-order valence-corrected chi connectivity index (χ0v) is 10.2. The number of hydrogen-bond donors (Lipinski definition) is 3.